The molecule has 0 aliphatic rings. The molecule has 0 aliphatic carbocycles. The van der Waals surface area contributed by atoms with E-state index in [4.69, 9.17) is 14.5 Å². The summed E-state index contributed by atoms with van der Waals surface area (Å²) in [6.07, 6.45) is 0. The van der Waals surface area contributed by atoms with Gasteiger partial charge in [0.1, 0.15) is 11.5 Å². The lowest BCUT2D eigenvalue weighted by Crippen LogP contribution is -2.13. The minimum Gasteiger partial charge on any atom is -0.497 e. The Hall–Kier alpha value is -3.83. The lowest BCUT2D eigenvalue weighted by Gasteiger charge is -2.11. The molecule has 1 aromatic heterocycles. The van der Waals surface area contributed by atoms with E-state index in [9.17, 15) is 0 Å². The fourth-order valence-electron chi connectivity index (χ4n) is 3.73. The molecule has 1 heterocycles. The van der Waals surface area contributed by atoms with E-state index in [1.807, 2.05) is 42.5 Å². The topological polar surface area (TPSA) is 35.8 Å². The molecule has 5 aromatic rings. The van der Waals surface area contributed by atoms with Crippen LogP contribution in [0.4, 0.5) is 5.69 Å². The van der Waals surface area contributed by atoms with Crippen molar-refractivity contribution in [3.05, 3.63) is 101 Å². The number of rotatable bonds is 5. The summed E-state index contributed by atoms with van der Waals surface area (Å²) < 4.78 is 13.0. The Labute approximate surface area is 190 Å². The standard InChI is InChI=1S/C27H22N2O2S/c1-30-24-11-5-9-22(16-24)28-27-29(23-10-6-12-25(17-23)31-2)26(18-32-27)21-14-13-19-7-3-4-8-20(19)15-21/h3-18H,1-2H3. The average molecular weight is 439 g/mol. The van der Waals surface area contributed by atoms with Crippen LogP contribution < -0.4 is 14.3 Å². The molecule has 0 saturated heterocycles. The fraction of sp³-hybridized carbons (Fsp3) is 0.0741. The quantitative estimate of drug-likeness (QED) is 0.310. The summed E-state index contributed by atoms with van der Waals surface area (Å²) in [4.78, 5) is 5.82. The van der Waals surface area contributed by atoms with Gasteiger partial charge < -0.3 is 9.47 Å². The first-order valence-corrected chi connectivity index (χ1v) is 11.2. The predicted octanol–water partition coefficient (Wildman–Crippen LogP) is 6.61. The highest BCUT2D eigenvalue weighted by molar-refractivity contribution is 7.07. The summed E-state index contributed by atoms with van der Waals surface area (Å²) in [5.74, 6) is 1.59. The van der Waals surface area contributed by atoms with E-state index in [-0.39, 0.29) is 0 Å². The zero-order chi connectivity index (χ0) is 21.9. The lowest BCUT2D eigenvalue weighted by molar-refractivity contribution is 0.414. The highest BCUT2D eigenvalue weighted by Crippen LogP contribution is 2.29. The number of ether oxygens (including phenoxy) is 2. The molecule has 0 radical (unpaired) electrons. The van der Waals surface area contributed by atoms with Gasteiger partial charge in [-0.2, -0.15) is 0 Å². The summed E-state index contributed by atoms with van der Waals surface area (Å²) in [5.41, 5.74) is 4.05. The molecule has 0 amide bonds. The van der Waals surface area contributed by atoms with E-state index in [0.29, 0.717) is 0 Å². The molecular weight excluding hydrogens is 416 g/mol. The Bertz CT molecular complexity index is 1470. The van der Waals surface area contributed by atoms with Crippen molar-refractivity contribution >= 4 is 27.8 Å². The SMILES string of the molecule is COc1cccc(N=c2scc(-c3ccc4ccccc4c3)n2-c2cccc(OC)c2)c1. The number of hydrogen-bond donors (Lipinski definition) is 0. The summed E-state index contributed by atoms with van der Waals surface area (Å²) >= 11 is 1.61. The van der Waals surface area contributed by atoms with Crippen molar-refractivity contribution in [1.29, 1.82) is 0 Å². The lowest BCUT2D eigenvalue weighted by atomic mass is 10.1. The Morgan fingerprint density at radius 1 is 0.719 bits per heavy atom. The maximum absolute atomic E-state index is 5.49. The van der Waals surface area contributed by atoms with Crippen LogP contribution >= 0.6 is 11.3 Å². The molecule has 0 aliphatic heterocycles. The molecule has 0 bridgehead atoms. The molecule has 5 rings (SSSR count). The highest BCUT2D eigenvalue weighted by atomic mass is 32.1. The second-order valence-electron chi connectivity index (χ2n) is 7.32. The second-order valence-corrected chi connectivity index (χ2v) is 8.15. The van der Waals surface area contributed by atoms with E-state index in [2.05, 4.69) is 58.5 Å². The van der Waals surface area contributed by atoms with Gasteiger partial charge >= 0.3 is 0 Å². The van der Waals surface area contributed by atoms with Crippen LogP contribution in [0.2, 0.25) is 0 Å². The predicted molar refractivity (Wildman–Crippen MR) is 131 cm³/mol. The molecule has 0 spiro atoms. The van der Waals surface area contributed by atoms with Crippen LogP contribution in [-0.2, 0) is 0 Å². The third-order valence-corrected chi connectivity index (χ3v) is 6.17. The van der Waals surface area contributed by atoms with Crippen LogP contribution in [0.3, 0.4) is 0 Å². The van der Waals surface area contributed by atoms with Gasteiger partial charge in [0.05, 0.1) is 31.3 Å². The molecule has 0 saturated carbocycles. The first kappa shape index (κ1) is 20.1. The summed E-state index contributed by atoms with van der Waals surface area (Å²) in [6, 6.07) is 30.8. The Morgan fingerprint density at radius 2 is 1.47 bits per heavy atom. The average Bonchev–Trinajstić information content (AvgIpc) is 3.27. The largest absolute Gasteiger partial charge is 0.497 e. The van der Waals surface area contributed by atoms with Crippen LogP contribution in [0, 0.1) is 0 Å². The van der Waals surface area contributed by atoms with E-state index in [1.165, 1.54) is 10.8 Å². The second kappa shape index (κ2) is 8.73. The maximum Gasteiger partial charge on any atom is 0.195 e. The third-order valence-electron chi connectivity index (χ3n) is 5.34. The number of methoxy groups -OCH3 is 2. The summed E-state index contributed by atoms with van der Waals surface area (Å²) in [6.45, 7) is 0. The molecule has 5 heteroatoms. The van der Waals surface area contributed by atoms with Crippen LogP contribution in [0.5, 0.6) is 11.5 Å². The molecule has 4 nitrogen and oxygen atoms in total. The van der Waals surface area contributed by atoms with Crippen molar-refractivity contribution in [1.82, 2.24) is 4.57 Å². The van der Waals surface area contributed by atoms with Crippen molar-refractivity contribution in [2.75, 3.05) is 14.2 Å². The number of nitrogens with zero attached hydrogens (tertiary/aromatic N) is 2. The number of fused-ring (bicyclic) bond motifs is 1. The highest BCUT2D eigenvalue weighted by Gasteiger charge is 2.12. The summed E-state index contributed by atoms with van der Waals surface area (Å²) in [5, 5.41) is 4.59. The van der Waals surface area contributed by atoms with Crippen molar-refractivity contribution < 1.29 is 9.47 Å². The zero-order valence-corrected chi connectivity index (χ0v) is 18.7. The van der Waals surface area contributed by atoms with Crippen molar-refractivity contribution in [2.24, 2.45) is 4.99 Å². The van der Waals surface area contributed by atoms with E-state index in [1.54, 1.807) is 25.6 Å². The fourth-order valence-corrected chi connectivity index (χ4v) is 4.65. The molecule has 32 heavy (non-hydrogen) atoms. The maximum atomic E-state index is 5.49. The molecule has 0 fully saturated rings. The van der Waals surface area contributed by atoms with Crippen LogP contribution in [0.25, 0.3) is 27.7 Å². The molecule has 0 unspecified atom stereocenters. The molecule has 0 atom stereocenters. The van der Waals surface area contributed by atoms with Crippen LogP contribution in [-0.4, -0.2) is 18.8 Å². The zero-order valence-electron chi connectivity index (χ0n) is 17.9. The smallest absolute Gasteiger partial charge is 0.195 e. The van der Waals surface area contributed by atoms with Gasteiger partial charge in [-0.3, -0.25) is 4.57 Å². The first-order valence-electron chi connectivity index (χ1n) is 10.3. The third kappa shape index (κ3) is 3.90. The molecule has 158 valence electrons. The Morgan fingerprint density at radius 3 is 2.28 bits per heavy atom. The number of hydrogen-bond acceptors (Lipinski definition) is 4. The first-order chi connectivity index (χ1) is 15.7. The van der Waals surface area contributed by atoms with Gasteiger partial charge in [0, 0.05) is 23.1 Å². The Balaban J connectivity index is 1.74. The number of benzene rings is 4. The summed E-state index contributed by atoms with van der Waals surface area (Å²) in [7, 11) is 3.35. The van der Waals surface area contributed by atoms with Crippen LogP contribution in [0.1, 0.15) is 0 Å². The minimum absolute atomic E-state index is 0.783. The van der Waals surface area contributed by atoms with Gasteiger partial charge in [-0.05, 0) is 41.1 Å². The van der Waals surface area contributed by atoms with Gasteiger partial charge in [-0.25, -0.2) is 4.99 Å². The van der Waals surface area contributed by atoms with E-state index in [0.717, 1.165) is 38.9 Å². The van der Waals surface area contributed by atoms with E-state index >= 15 is 0 Å². The van der Waals surface area contributed by atoms with Crippen LogP contribution in [0.15, 0.2) is 101 Å². The molecule has 0 N–H and O–H groups in total. The van der Waals surface area contributed by atoms with Gasteiger partial charge in [0.2, 0.25) is 0 Å². The molecular formula is C27H22N2O2S. The molecule has 4 aromatic carbocycles. The van der Waals surface area contributed by atoms with Gasteiger partial charge in [-0.15, -0.1) is 11.3 Å². The number of thiazole rings is 1. The van der Waals surface area contributed by atoms with Crippen molar-refractivity contribution in [3.8, 4) is 28.4 Å². The van der Waals surface area contributed by atoms with Gasteiger partial charge in [0.25, 0.3) is 0 Å². The normalized spacial score (nSPS) is 11.6. The monoisotopic (exact) mass is 438 g/mol. The Kier molecular flexibility index (Phi) is 5.48. The van der Waals surface area contributed by atoms with Gasteiger partial charge in [-0.1, -0.05) is 48.5 Å². The van der Waals surface area contributed by atoms with Crippen molar-refractivity contribution in [3.63, 3.8) is 0 Å². The van der Waals surface area contributed by atoms with Crippen molar-refractivity contribution in [2.45, 2.75) is 0 Å². The minimum atomic E-state index is 0.783. The number of aromatic nitrogens is 1. The van der Waals surface area contributed by atoms with E-state index < -0.39 is 0 Å². The van der Waals surface area contributed by atoms with Gasteiger partial charge in [0.15, 0.2) is 4.80 Å².